The molecule has 1 aliphatic heterocycles. The van der Waals surface area contributed by atoms with Gasteiger partial charge in [-0.25, -0.2) is 9.40 Å². The first-order valence-corrected chi connectivity index (χ1v) is 7.71. The van der Waals surface area contributed by atoms with Gasteiger partial charge in [-0.15, -0.1) is 12.4 Å². The molecule has 2 aromatic rings. The number of guanidine groups is 1. The second-order valence-corrected chi connectivity index (χ2v) is 5.77. The lowest BCUT2D eigenvalue weighted by molar-refractivity contribution is 0.304. The summed E-state index contributed by atoms with van der Waals surface area (Å²) < 4.78 is 19.5. The Morgan fingerprint density at radius 1 is 1.32 bits per heavy atom. The van der Waals surface area contributed by atoms with Crippen LogP contribution in [0.15, 0.2) is 53.6 Å². The largest absolute Gasteiger partial charge is 0.488 e. The average molecular weight is 363 g/mol. The van der Waals surface area contributed by atoms with Gasteiger partial charge >= 0.3 is 0 Å². The molecule has 0 amide bonds. The Balaban J connectivity index is 0.00000225. The van der Waals surface area contributed by atoms with Crippen LogP contribution in [0.1, 0.15) is 18.1 Å². The molecule has 0 aliphatic carbocycles. The molecule has 0 saturated carbocycles. The fourth-order valence-corrected chi connectivity index (χ4v) is 2.65. The van der Waals surface area contributed by atoms with E-state index < -0.39 is 0 Å². The van der Waals surface area contributed by atoms with E-state index >= 15 is 0 Å². The van der Waals surface area contributed by atoms with Crippen LogP contribution in [0.2, 0.25) is 0 Å². The van der Waals surface area contributed by atoms with Gasteiger partial charge in [-0.3, -0.25) is 5.41 Å². The van der Waals surface area contributed by atoms with Crippen LogP contribution in [0.5, 0.6) is 5.75 Å². The van der Waals surface area contributed by atoms with E-state index in [1.807, 2.05) is 37.3 Å². The zero-order valence-electron chi connectivity index (χ0n) is 13.8. The van der Waals surface area contributed by atoms with Crippen molar-refractivity contribution >= 4 is 24.1 Å². The van der Waals surface area contributed by atoms with E-state index in [0.717, 1.165) is 16.8 Å². The molecule has 0 spiro atoms. The lowest BCUT2D eigenvalue weighted by atomic mass is 9.98. The summed E-state index contributed by atoms with van der Waals surface area (Å²) in [5.74, 6) is 0.0375. The molecule has 132 valence electrons. The van der Waals surface area contributed by atoms with E-state index in [1.165, 1.54) is 17.1 Å². The summed E-state index contributed by atoms with van der Waals surface area (Å²) in [7, 11) is 0. The van der Waals surface area contributed by atoms with Gasteiger partial charge in [0.05, 0.1) is 12.3 Å². The Labute approximate surface area is 152 Å². The molecule has 3 N–H and O–H groups in total. The summed E-state index contributed by atoms with van der Waals surface area (Å²) in [5, 5.41) is 13.3. The van der Waals surface area contributed by atoms with E-state index in [4.69, 9.17) is 15.9 Å². The minimum Gasteiger partial charge on any atom is -0.488 e. The number of hydrogen-bond acceptors (Lipinski definition) is 3. The smallest absolute Gasteiger partial charge is 0.209 e. The minimum absolute atomic E-state index is 0. The maximum absolute atomic E-state index is 13.7. The molecule has 1 aliphatic rings. The van der Waals surface area contributed by atoms with Crippen molar-refractivity contribution in [2.24, 2.45) is 16.8 Å². The third kappa shape index (κ3) is 4.28. The third-order valence-corrected chi connectivity index (χ3v) is 3.88. The highest BCUT2D eigenvalue weighted by Crippen LogP contribution is 2.28. The standard InChI is InChI=1S/C18H19FN4O.ClH/c1-12-10-23(18(20)21)22-17(12)15-8-7-14(19)9-16(15)24-11-13-5-3-2-4-6-13;/h2-9,12H,10-11H2,1H3,(H3,20,21);1H/t12-;/m1./s1. The maximum Gasteiger partial charge on any atom is 0.209 e. The Morgan fingerprint density at radius 3 is 2.68 bits per heavy atom. The van der Waals surface area contributed by atoms with Gasteiger partial charge in [0.15, 0.2) is 0 Å². The Morgan fingerprint density at radius 2 is 2.04 bits per heavy atom. The van der Waals surface area contributed by atoms with Crippen LogP contribution < -0.4 is 10.5 Å². The van der Waals surface area contributed by atoms with Crippen molar-refractivity contribution in [3.8, 4) is 5.75 Å². The van der Waals surface area contributed by atoms with Crippen LogP contribution in [-0.2, 0) is 6.61 Å². The molecule has 7 heteroatoms. The highest BCUT2D eigenvalue weighted by atomic mass is 35.5. The number of rotatable bonds is 4. The lowest BCUT2D eigenvalue weighted by Crippen LogP contribution is -2.31. The molecule has 1 atom stereocenters. The van der Waals surface area contributed by atoms with Crippen LogP contribution in [-0.4, -0.2) is 23.2 Å². The molecule has 0 aromatic heterocycles. The molecule has 0 bridgehead atoms. The maximum atomic E-state index is 13.7. The quantitative estimate of drug-likeness (QED) is 0.646. The number of ether oxygens (including phenoxy) is 1. The predicted molar refractivity (Wildman–Crippen MR) is 98.7 cm³/mol. The zero-order chi connectivity index (χ0) is 17.1. The molecule has 3 rings (SSSR count). The molecule has 0 unspecified atom stereocenters. The number of benzene rings is 2. The number of hydrogen-bond donors (Lipinski definition) is 2. The van der Waals surface area contributed by atoms with Gasteiger partial charge in [0.2, 0.25) is 5.96 Å². The minimum atomic E-state index is -0.364. The molecule has 2 aromatic carbocycles. The monoisotopic (exact) mass is 362 g/mol. The van der Waals surface area contributed by atoms with Gasteiger partial charge in [-0.05, 0) is 17.7 Å². The second kappa shape index (κ2) is 7.98. The van der Waals surface area contributed by atoms with Gasteiger partial charge in [0.25, 0.3) is 0 Å². The average Bonchev–Trinajstić information content (AvgIpc) is 2.96. The van der Waals surface area contributed by atoms with Crippen LogP contribution >= 0.6 is 12.4 Å². The van der Waals surface area contributed by atoms with Crippen molar-refractivity contribution in [2.45, 2.75) is 13.5 Å². The lowest BCUT2D eigenvalue weighted by Gasteiger charge is -2.13. The van der Waals surface area contributed by atoms with Crippen molar-refractivity contribution in [3.05, 3.63) is 65.5 Å². The summed E-state index contributed by atoms with van der Waals surface area (Å²) in [6, 6.07) is 14.1. The third-order valence-electron chi connectivity index (χ3n) is 3.88. The summed E-state index contributed by atoms with van der Waals surface area (Å²) >= 11 is 0. The van der Waals surface area contributed by atoms with Gasteiger partial charge < -0.3 is 10.5 Å². The van der Waals surface area contributed by atoms with Crippen LogP contribution in [0.25, 0.3) is 0 Å². The van der Waals surface area contributed by atoms with Crippen molar-refractivity contribution in [3.63, 3.8) is 0 Å². The highest BCUT2D eigenvalue weighted by Gasteiger charge is 2.27. The van der Waals surface area contributed by atoms with Crippen molar-refractivity contribution < 1.29 is 9.13 Å². The van der Waals surface area contributed by atoms with Crippen LogP contribution in [0.4, 0.5) is 4.39 Å². The van der Waals surface area contributed by atoms with E-state index in [1.54, 1.807) is 6.07 Å². The molecule has 1 heterocycles. The fourth-order valence-electron chi connectivity index (χ4n) is 2.65. The number of nitrogens with zero attached hydrogens (tertiary/aromatic N) is 2. The van der Waals surface area contributed by atoms with Crippen LogP contribution in [0.3, 0.4) is 0 Å². The van der Waals surface area contributed by atoms with E-state index in [2.05, 4.69) is 5.10 Å². The van der Waals surface area contributed by atoms with Gasteiger partial charge in [-0.1, -0.05) is 37.3 Å². The van der Waals surface area contributed by atoms with Gasteiger partial charge in [-0.2, -0.15) is 5.10 Å². The normalized spacial score (nSPS) is 16.2. The molecule has 0 saturated heterocycles. The first-order chi connectivity index (χ1) is 11.5. The highest BCUT2D eigenvalue weighted by molar-refractivity contribution is 6.06. The molecular weight excluding hydrogens is 343 g/mol. The Kier molecular flexibility index (Phi) is 5.98. The summed E-state index contributed by atoms with van der Waals surface area (Å²) in [6.07, 6.45) is 0. The zero-order valence-corrected chi connectivity index (χ0v) is 14.6. The summed E-state index contributed by atoms with van der Waals surface area (Å²) in [5.41, 5.74) is 7.98. The van der Waals surface area contributed by atoms with Crippen molar-refractivity contribution in [1.29, 1.82) is 5.41 Å². The molecule has 25 heavy (non-hydrogen) atoms. The van der Waals surface area contributed by atoms with E-state index in [0.29, 0.717) is 18.9 Å². The van der Waals surface area contributed by atoms with Crippen molar-refractivity contribution in [1.82, 2.24) is 5.01 Å². The van der Waals surface area contributed by atoms with Gasteiger partial charge in [0.1, 0.15) is 18.2 Å². The topological polar surface area (TPSA) is 74.7 Å². The molecule has 5 nitrogen and oxygen atoms in total. The number of nitrogens with one attached hydrogen (secondary N) is 1. The van der Waals surface area contributed by atoms with Crippen LogP contribution in [0, 0.1) is 17.1 Å². The fraction of sp³-hybridized carbons (Fsp3) is 0.222. The second-order valence-electron chi connectivity index (χ2n) is 5.77. The number of halogens is 2. The van der Waals surface area contributed by atoms with Gasteiger partial charge in [0, 0.05) is 17.5 Å². The molecule has 0 radical (unpaired) electrons. The number of nitrogens with two attached hydrogens (primary N) is 1. The number of hydrazone groups is 1. The summed E-state index contributed by atoms with van der Waals surface area (Å²) in [6.45, 7) is 2.86. The molecular formula is C18H20ClFN4O. The first kappa shape index (κ1) is 18.7. The SMILES string of the molecule is C[C@@H]1CN(C(=N)N)N=C1c1ccc(F)cc1OCc1ccccc1.Cl. The Hall–Kier alpha value is -2.60. The summed E-state index contributed by atoms with van der Waals surface area (Å²) in [4.78, 5) is 0. The van der Waals surface area contributed by atoms with E-state index in [-0.39, 0.29) is 30.1 Å². The van der Waals surface area contributed by atoms with E-state index in [9.17, 15) is 4.39 Å². The Bertz CT molecular complexity index is 782. The first-order valence-electron chi connectivity index (χ1n) is 7.71. The predicted octanol–water partition coefficient (Wildman–Crippen LogP) is 3.38. The molecule has 0 fully saturated rings. The van der Waals surface area contributed by atoms with Crippen molar-refractivity contribution in [2.75, 3.05) is 6.54 Å².